The van der Waals surface area contributed by atoms with Crippen molar-refractivity contribution in [1.82, 2.24) is 14.7 Å². The number of likely N-dealkylation sites (tertiary alicyclic amines) is 1. The number of nitriles is 1. The molecule has 1 saturated heterocycles. The van der Waals surface area contributed by atoms with Crippen molar-refractivity contribution in [3.05, 3.63) is 71.8 Å². The van der Waals surface area contributed by atoms with Crippen molar-refractivity contribution in [3.8, 4) is 11.8 Å². The molecule has 35 heavy (non-hydrogen) atoms. The van der Waals surface area contributed by atoms with Crippen LogP contribution in [0.2, 0.25) is 0 Å². The molecular formula is C26H28N4O4S. The molecule has 1 heterocycles. The summed E-state index contributed by atoms with van der Waals surface area (Å²) in [7, 11) is -2.49. The van der Waals surface area contributed by atoms with Gasteiger partial charge in [-0.2, -0.15) is 5.26 Å². The fourth-order valence-electron chi connectivity index (χ4n) is 4.19. The monoisotopic (exact) mass is 492 g/mol. The van der Waals surface area contributed by atoms with E-state index in [1.54, 1.807) is 60.5 Å². The normalized spacial score (nSPS) is 14.2. The standard InChI is InChI=1S/C26H28N4O4S/c1-34-24-11-9-23-17-25(12-10-22(23)16-24)35(32,33)28-30(19-21-8-6-7-20(15-21)18-27)26(31)29-13-4-2-3-5-14-29/h6-12,15-17,28H,2-5,13-14,19H2,1H3. The van der Waals surface area contributed by atoms with Crippen LogP contribution in [0.5, 0.6) is 5.75 Å². The Hall–Kier alpha value is -3.61. The number of carbonyl (C=O) groups is 1. The predicted octanol–water partition coefficient (Wildman–Crippen LogP) is 4.41. The molecular weight excluding hydrogens is 464 g/mol. The smallest absolute Gasteiger partial charge is 0.335 e. The Bertz CT molecular complexity index is 1360. The molecule has 0 aliphatic carbocycles. The number of ether oxygens (including phenoxy) is 1. The summed E-state index contributed by atoms with van der Waals surface area (Å²) in [5, 5.41) is 11.9. The molecule has 182 valence electrons. The van der Waals surface area contributed by atoms with Gasteiger partial charge in [-0.25, -0.2) is 18.2 Å². The van der Waals surface area contributed by atoms with Gasteiger partial charge < -0.3 is 9.64 Å². The predicted molar refractivity (Wildman–Crippen MR) is 133 cm³/mol. The van der Waals surface area contributed by atoms with E-state index < -0.39 is 16.1 Å². The van der Waals surface area contributed by atoms with E-state index in [2.05, 4.69) is 10.9 Å². The number of fused-ring (bicyclic) bond motifs is 1. The van der Waals surface area contributed by atoms with Gasteiger partial charge in [-0.05, 0) is 65.6 Å². The van der Waals surface area contributed by atoms with Gasteiger partial charge in [0.1, 0.15) is 5.75 Å². The maximum absolute atomic E-state index is 13.4. The maximum Gasteiger partial charge on any atom is 0.335 e. The van der Waals surface area contributed by atoms with Crippen LogP contribution in [0.25, 0.3) is 10.8 Å². The van der Waals surface area contributed by atoms with Crippen molar-refractivity contribution in [2.75, 3.05) is 20.2 Å². The Morgan fingerprint density at radius 3 is 2.46 bits per heavy atom. The molecule has 4 rings (SSSR count). The number of hydrogen-bond acceptors (Lipinski definition) is 5. The van der Waals surface area contributed by atoms with Gasteiger partial charge in [0.25, 0.3) is 10.0 Å². The summed E-state index contributed by atoms with van der Waals surface area (Å²) in [4.78, 5) is 17.7. The van der Waals surface area contributed by atoms with Gasteiger partial charge >= 0.3 is 6.03 Å². The highest BCUT2D eigenvalue weighted by Crippen LogP contribution is 2.24. The Kier molecular flexibility index (Phi) is 7.54. The number of urea groups is 1. The lowest BCUT2D eigenvalue weighted by atomic mass is 10.1. The Balaban J connectivity index is 1.64. The number of hydrazine groups is 1. The number of nitrogens with one attached hydrogen (secondary N) is 1. The van der Waals surface area contributed by atoms with Crippen LogP contribution in [-0.2, 0) is 16.6 Å². The summed E-state index contributed by atoms with van der Waals surface area (Å²) in [6.07, 6.45) is 3.85. The zero-order chi connectivity index (χ0) is 24.8. The van der Waals surface area contributed by atoms with Crippen LogP contribution in [-0.4, -0.2) is 44.6 Å². The van der Waals surface area contributed by atoms with Crippen LogP contribution in [0, 0.1) is 11.3 Å². The molecule has 1 aliphatic rings. The zero-order valence-corrected chi connectivity index (χ0v) is 20.4. The van der Waals surface area contributed by atoms with E-state index in [-0.39, 0.29) is 11.4 Å². The zero-order valence-electron chi connectivity index (χ0n) is 19.6. The molecule has 3 aromatic carbocycles. The topological polar surface area (TPSA) is 103 Å². The van der Waals surface area contributed by atoms with Crippen LogP contribution in [0.1, 0.15) is 36.8 Å². The second-order valence-electron chi connectivity index (χ2n) is 8.55. The molecule has 9 heteroatoms. The van der Waals surface area contributed by atoms with Gasteiger partial charge in [0.15, 0.2) is 0 Å². The van der Waals surface area contributed by atoms with E-state index in [1.807, 2.05) is 6.07 Å². The SMILES string of the molecule is COc1ccc2cc(S(=O)(=O)NN(Cc3cccc(C#N)c3)C(=O)N3CCCCCC3)ccc2c1. The van der Waals surface area contributed by atoms with Crippen LogP contribution in [0.3, 0.4) is 0 Å². The summed E-state index contributed by atoms with van der Waals surface area (Å²) in [5.41, 5.74) is 1.10. The number of amides is 2. The van der Waals surface area contributed by atoms with Crippen molar-refractivity contribution >= 4 is 26.8 Å². The molecule has 1 fully saturated rings. The first-order valence-electron chi connectivity index (χ1n) is 11.6. The molecule has 0 unspecified atom stereocenters. The summed E-state index contributed by atoms with van der Waals surface area (Å²) in [6.45, 7) is 1.15. The first-order chi connectivity index (χ1) is 16.9. The third-order valence-electron chi connectivity index (χ3n) is 6.06. The molecule has 1 aliphatic heterocycles. The van der Waals surface area contributed by atoms with Crippen LogP contribution >= 0.6 is 0 Å². The molecule has 0 radical (unpaired) electrons. The van der Waals surface area contributed by atoms with Crippen molar-refractivity contribution in [3.63, 3.8) is 0 Å². The summed E-state index contributed by atoms with van der Waals surface area (Å²) >= 11 is 0. The first kappa shape index (κ1) is 24.5. The van der Waals surface area contributed by atoms with E-state index >= 15 is 0 Å². The third-order valence-corrected chi connectivity index (χ3v) is 7.40. The molecule has 1 N–H and O–H groups in total. The fourth-order valence-corrected chi connectivity index (χ4v) is 5.25. The summed E-state index contributed by atoms with van der Waals surface area (Å²) < 4.78 is 32.0. The minimum Gasteiger partial charge on any atom is -0.497 e. The minimum atomic E-state index is -4.06. The minimum absolute atomic E-state index is 0.00510. The number of rotatable bonds is 6. The summed E-state index contributed by atoms with van der Waals surface area (Å²) in [5.74, 6) is 0.681. The van der Waals surface area contributed by atoms with Gasteiger partial charge in [0, 0.05) is 13.1 Å². The molecule has 0 spiro atoms. The van der Waals surface area contributed by atoms with Crippen molar-refractivity contribution in [1.29, 1.82) is 5.26 Å². The van der Waals surface area contributed by atoms with Crippen molar-refractivity contribution in [2.24, 2.45) is 0 Å². The van der Waals surface area contributed by atoms with Crippen molar-refractivity contribution in [2.45, 2.75) is 37.1 Å². The fraction of sp³-hybridized carbons (Fsp3) is 0.308. The van der Waals surface area contributed by atoms with E-state index in [9.17, 15) is 18.5 Å². The van der Waals surface area contributed by atoms with Gasteiger partial charge in [-0.3, -0.25) is 0 Å². The molecule has 8 nitrogen and oxygen atoms in total. The second-order valence-corrected chi connectivity index (χ2v) is 10.2. The number of benzene rings is 3. The van der Waals surface area contributed by atoms with E-state index in [0.29, 0.717) is 30.0 Å². The molecule has 3 aromatic rings. The highest BCUT2D eigenvalue weighted by molar-refractivity contribution is 7.89. The average molecular weight is 493 g/mol. The Labute approximate surface area is 205 Å². The average Bonchev–Trinajstić information content (AvgIpc) is 3.17. The van der Waals surface area contributed by atoms with Gasteiger partial charge in [-0.1, -0.05) is 37.1 Å². The lowest BCUT2D eigenvalue weighted by Gasteiger charge is -2.30. The largest absolute Gasteiger partial charge is 0.497 e. The number of methoxy groups -OCH3 is 1. The maximum atomic E-state index is 13.4. The highest BCUT2D eigenvalue weighted by Gasteiger charge is 2.27. The Morgan fingerprint density at radius 1 is 1.03 bits per heavy atom. The first-order valence-corrected chi connectivity index (χ1v) is 13.0. The van der Waals surface area contributed by atoms with Crippen LogP contribution in [0.4, 0.5) is 4.79 Å². The van der Waals surface area contributed by atoms with E-state index in [0.717, 1.165) is 41.5 Å². The third kappa shape index (κ3) is 5.91. The number of carbonyl (C=O) groups excluding carboxylic acids is 1. The number of hydrogen-bond donors (Lipinski definition) is 1. The summed E-state index contributed by atoms with van der Waals surface area (Å²) in [6, 6.07) is 18.7. The molecule has 0 bridgehead atoms. The molecule has 2 amide bonds. The van der Waals surface area contributed by atoms with Gasteiger partial charge in [-0.15, -0.1) is 4.83 Å². The van der Waals surface area contributed by atoms with E-state index in [1.165, 1.54) is 6.07 Å². The van der Waals surface area contributed by atoms with Gasteiger partial charge in [0.2, 0.25) is 0 Å². The number of nitrogens with zero attached hydrogens (tertiary/aromatic N) is 3. The van der Waals surface area contributed by atoms with Gasteiger partial charge in [0.05, 0.1) is 30.2 Å². The Morgan fingerprint density at radius 2 is 1.74 bits per heavy atom. The molecule has 0 aromatic heterocycles. The quantitative estimate of drug-likeness (QED) is 0.514. The second kappa shape index (κ2) is 10.8. The van der Waals surface area contributed by atoms with Crippen LogP contribution in [0.15, 0.2) is 65.6 Å². The lowest BCUT2D eigenvalue weighted by Crippen LogP contribution is -2.51. The lowest BCUT2D eigenvalue weighted by molar-refractivity contribution is 0.142. The molecule has 0 atom stereocenters. The van der Waals surface area contributed by atoms with E-state index in [4.69, 9.17) is 4.74 Å². The highest BCUT2D eigenvalue weighted by atomic mass is 32.2. The molecule has 0 saturated carbocycles. The van der Waals surface area contributed by atoms with Crippen LogP contribution < -0.4 is 9.57 Å². The number of sulfonamides is 1. The van der Waals surface area contributed by atoms with Crippen molar-refractivity contribution < 1.29 is 17.9 Å².